The van der Waals surface area contributed by atoms with Crippen LogP contribution in [0.15, 0.2) is 47.1 Å². The van der Waals surface area contributed by atoms with Crippen LogP contribution in [0.3, 0.4) is 0 Å². The average Bonchev–Trinajstić information content (AvgIpc) is 2.94. The highest BCUT2D eigenvalue weighted by molar-refractivity contribution is 6.42. The Kier molecular flexibility index (Phi) is 4.88. The van der Waals surface area contributed by atoms with Crippen molar-refractivity contribution in [2.75, 3.05) is 0 Å². The highest BCUT2D eigenvalue weighted by Crippen LogP contribution is 2.26. The van der Waals surface area contributed by atoms with Crippen molar-refractivity contribution in [1.82, 2.24) is 5.32 Å². The molecule has 5 heteroatoms. The summed E-state index contributed by atoms with van der Waals surface area (Å²) in [4.78, 5) is 11.8. The van der Waals surface area contributed by atoms with Crippen LogP contribution in [0, 0.1) is 0 Å². The van der Waals surface area contributed by atoms with Gasteiger partial charge in [0.25, 0.3) is 0 Å². The van der Waals surface area contributed by atoms with Crippen molar-refractivity contribution in [3.05, 3.63) is 64.0 Å². The first-order valence-corrected chi connectivity index (χ1v) is 6.79. The van der Waals surface area contributed by atoms with Crippen molar-refractivity contribution in [3.8, 4) is 0 Å². The number of nitrogens with one attached hydrogen (secondary N) is 1. The van der Waals surface area contributed by atoms with Crippen molar-refractivity contribution < 1.29 is 9.21 Å². The number of furan rings is 1. The number of hydrogen-bond donors (Lipinski definition) is 1. The van der Waals surface area contributed by atoms with Gasteiger partial charge in [-0.2, -0.15) is 0 Å². The molecular weight excluding hydrogens is 297 g/mol. The molecule has 20 heavy (non-hydrogen) atoms. The minimum absolute atomic E-state index is 0.197. The van der Waals surface area contributed by atoms with Crippen molar-refractivity contribution in [2.24, 2.45) is 0 Å². The zero-order chi connectivity index (χ0) is 14.5. The topological polar surface area (TPSA) is 42.2 Å². The van der Waals surface area contributed by atoms with Crippen LogP contribution in [0.5, 0.6) is 0 Å². The predicted molar refractivity (Wildman–Crippen MR) is 80.8 cm³/mol. The van der Waals surface area contributed by atoms with Crippen LogP contribution in [0.25, 0.3) is 6.08 Å². The van der Waals surface area contributed by atoms with Gasteiger partial charge >= 0.3 is 0 Å². The second-order valence-electron chi connectivity index (χ2n) is 4.22. The minimum atomic E-state index is -0.232. The van der Waals surface area contributed by atoms with Gasteiger partial charge in [-0.1, -0.05) is 35.3 Å². The number of amides is 1. The Balaban J connectivity index is 2.01. The zero-order valence-corrected chi connectivity index (χ0v) is 12.3. The van der Waals surface area contributed by atoms with Crippen LogP contribution in [0.2, 0.25) is 10.0 Å². The van der Waals surface area contributed by atoms with E-state index >= 15 is 0 Å². The molecule has 0 aliphatic rings. The van der Waals surface area contributed by atoms with E-state index in [0.29, 0.717) is 21.4 Å². The smallest absolute Gasteiger partial charge is 0.244 e. The first-order valence-electron chi connectivity index (χ1n) is 6.04. The standard InChI is InChI=1S/C15H13Cl2NO2/c1-10(13-6-3-9-20-13)18-14(19)8-7-11-4-2-5-12(16)15(11)17/h2-10H,1H3,(H,18,19)/b8-7+/t10-/m1/s1. The van der Waals surface area contributed by atoms with Crippen LogP contribution >= 0.6 is 23.2 Å². The molecule has 2 rings (SSSR count). The van der Waals surface area contributed by atoms with Gasteiger partial charge in [0.2, 0.25) is 5.91 Å². The normalized spacial score (nSPS) is 12.6. The Bertz CT molecular complexity index is 621. The summed E-state index contributed by atoms with van der Waals surface area (Å²) >= 11 is 11.9. The van der Waals surface area contributed by atoms with Gasteiger partial charge in [0, 0.05) is 6.08 Å². The molecule has 0 unspecified atom stereocenters. The fraction of sp³-hybridized carbons (Fsp3) is 0.133. The Morgan fingerprint density at radius 2 is 2.10 bits per heavy atom. The fourth-order valence-electron chi connectivity index (χ4n) is 1.68. The first-order chi connectivity index (χ1) is 9.58. The van der Waals surface area contributed by atoms with Crippen LogP contribution in [-0.4, -0.2) is 5.91 Å². The summed E-state index contributed by atoms with van der Waals surface area (Å²) < 4.78 is 5.22. The van der Waals surface area contributed by atoms with E-state index in [4.69, 9.17) is 27.6 Å². The summed E-state index contributed by atoms with van der Waals surface area (Å²) in [6.07, 6.45) is 4.61. The molecule has 0 spiro atoms. The number of carbonyl (C=O) groups is 1. The zero-order valence-electron chi connectivity index (χ0n) is 10.8. The molecule has 3 nitrogen and oxygen atoms in total. The van der Waals surface area contributed by atoms with Gasteiger partial charge in [0.15, 0.2) is 0 Å². The maximum absolute atomic E-state index is 11.8. The van der Waals surface area contributed by atoms with E-state index in [0.717, 1.165) is 0 Å². The summed E-state index contributed by atoms with van der Waals surface area (Å²) in [5.41, 5.74) is 0.694. The number of hydrogen-bond acceptors (Lipinski definition) is 2. The molecule has 1 aromatic heterocycles. The molecule has 0 radical (unpaired) electrons. The lowest BCUT2D eigenvalue weighted by Gasteiger charge is -2.09. The van der Waals surface area contributed by atoms with E-state index in [1.165, 1.54) is 6.08 Å². The van der Waals surface area contributed by atoms with Crippen LogP contribution in [0.4, 0.5) is 0 Å². The van der Waals surface area contributed by atoms with Crippen LogP contribution in [0.1, 0.15) is 24.3 Å². The van der Waals surface area contributed by atoms with E-state index < -0.39 is 0 Å². The molecule has 1 N–H and O–H groups in total. The predicted octanol–water partition coefficient (Wildman–Crippen LogP) is 4.48. The van der Waals surface area contributed by atoms with Crippen molar-refractivity contribution in [2.45, 2.75) is 13.0 Å². The summed E-state index contributed by atoms with van der Waals surface area (Å²) in [6.45, 7) is 1.84. The molecule has 104 valence electrons. The van der Waals surface area contributed by atoms with E-state index in [2.05, 4.69) is 5.32 Å². The molecule has 0 aliphatic carbocycles. The van der Waals surface area contributed by atoms with Crippen LogP contribution < -0.4 is 5.32 Å². The number of carbonyl (C=O) groups excluding carboxylic acids is 1. The average molecular weight is 310 g/mol. The third-order valence-corrected chi connectivity index (χ3v) is 3.56. The van der Waals surface area contributed by atoms with Gasteiger partial charge in [0.05, 0.1) is 22.4 Å². The summed E-state index contributed by atoms with van der Waals surface area (Å²) in [5, 5.41) is 3.68. The Hall–Kier alpha value is -1.71. The van der Waals surface area contributed by atoms with Crippen LogP contribution in [-0.2, 0) is 4.79 Å². The van der Waals surface area contributed by atoms with Gasteiger partial charge in [-0.3, -0.25) is 4.79 Å². The molecule has 0 aliphatic heterocycles. The third-order valence-electron chi connectivity index (χ3n) is 2.72. The molecule has 0 fully saturated rings. The third kappa shape index (κ3) is 3.65. The Morgan fingerprint density at radius 1 is 1.30 bits per heavy atom. The molecule has 1 heterocycles. The lowest BCUT2D eigenvalue weighted by molar-refractivity contribution is -0.117. The fourth-order valence-corrected chi connectivity index (χ4v) is 2.06. The van der Waals surface area contributed by atoms with Crippen molar-refractivity contribution in [3.63, 3.8) is 0 Å². The number of benzene rings is 1. The van der Waals surface area contributed by atoms with E-state index in [1.807, 2.05) is 13.0 Å². The lowest BCUT2D eigenvalue weighted by atomic mass is 10.2. The minimum Gasteiger partial charge on any atom is -0.467 e. The molecule has 0 saturated heterocycles. The van der Waals surface area contributed by atoms with E-state index in [9.17, 15) is 4.79 Å². The van der Waals surface area contributed by atoms with Gasteiger partial charge in [-0.05, 0) is 36.8 Å². The van der Waals surface area contributed by atoms with Gasteiger partial charge in [-0.15, -0.1) is 0 Å². The first kappa shape index (κ1) is 14.7. The van der Waals surface area contributed by atoms with Gasteiger partial charge < -0.3 is 9.73 Å². The SMILES string of the molecule is C[C@@H](NC(=O)/C=C/c1cccc(Cl)c1Cl)c1ccco1. The number of halogens is 2. The molecule has 1 atom stereocenters. The summed E-state index contributed by atoms with van der Waals surface area (Å²) in [5.74, 6) is 0.470. The quantitative estimate of drug-likeness (QED) is 0.846. The monoisotopic (exact) mass is 309 g/mol. The Morgan fingerprint density at radius 3 is 2.80 bits per heavy atom. The highest BCUT2D eigenvalue weighted by atomic mass is 35.5. The lowest BCUT2D eigenvalue weighted by Crippen LogP contribution is -2.24. The van der Waals surface area contributed by atoms with Crippen molar-refractivity contribution >= 4 is 35.2 Å². The maximum atomic E-state index is 11.8. The second kappa shape index (κ2) is 6.64. The molecule has 0 saturated carbocycles. The number of rotatable bonds is 4. The molecule has 1 amide bonds. The van der Waals surface area contributed by atoms with E-state index in [-0.39, 0.29) is 11.9 Å². The van der Waals surface area contributed by atoms with E-state index in [1.54, 1.807) is 36.6 Å². The molecular formula is C15H13Cl2NO2. The molecule has 1 aromatic carbocycles. The highest BCUT2D eigenvalue weighted by Gasteiger charge is 2.09. The maximum Gasteiger partial charge on any atom is 0.244 e. The second-order valence-corrected chi connectivity index (χ2v) is 5.01. The largest absolute Gasteiger partial charge is 0.467 e. The summed E-state index contributed by atoms with van der Waals surface area (Å²) in [6, 6.07) is 8.64. The Labute approximate surface area is 127 Å². The van der Waals surface area contributed by atoms with Crippen molar-refractivity contribution in [1.29, 1.82) is 0 Å². The van der Waals surface area contributed by atoms with Gasteiger partial charge in [0.1, 0.15) is 5.76 Å². The molecule has 0 bridgehead atoms. The molecule has 2 aromatic rings. The summed E-state index contributed by atoms with van der Waals surface area (Å²) in [7, 11) is 0. The van der Waals surface area contributed by atoms with Gasteiger partial charge in [-0.25, -0.2) is 0 Å².